The van der Waals surface area contributed by atoms with Crippen LogP contribution in [0.2, 0.25) is 15.1 Å². The summed E-state index contributed by atoms with van der Waals surface area (Å²) in [7, 11) is -3.79. The fourth-order valence-corrected chi connectivity index (χ4v) is 5.81. The monoisotopic (exact) mass is 657 g/mol. The molecule has 0 bridgehead atoms. The zero-order valence-electron chi connectivity index (χ0n) is 23.3. The van der Waals surface area contributed by atoms with E-state index in [1.165, 1.54) is 4.90 Å². The van der Waals surface area contributed by atoms with Crippen LogP contribution in [0.5, 0.6) is 0 Å². The zero-order valence-corrected chi connectivity index (χ0v) is 26.4. The molecule has 4 aromatic carbocycles. The van der Waals surface area contributed by atoms with Crippen LogP contribution in [0.15, 0.2) is 103 Å². The Labute approximate surface area is 267 Å². The Morgan fingerprint density at radius 3 is 1.95 bits per heavy atom. The molecule has 0 fully saturated rings. The first-order valence-corrected chi connectivity index (χ1v) is 16.3. The molecule has 1 unspecified atom stereocenters. The second-order valence-corrected chi connectivity index (χ2v) is 13.2. The number of nitrogens with zero attached hydrogens (tertiary/aromatic N) is 2. The minimum Gasteiger partial charge on any atom is -0.350 e. The highest BCUT2D eigenvalue weighted by atomic mass is 35.5. The van der Waals surface area contributed by atoms with Crippen molar-refractivity contribution in [1.29, 1.82) is 0 Å². The number of sulfonamides is 1. The summed E-state index contributed by atoms with van der Waals surface area (Å²) in [5.74, 6) is -1.02. The Bertz CT molecular complexity index is 1650. The first-order valence-electron chi connectivity index (χ1n) is 13.3. The maximum absolute atomic E-state index is 14.1. The van der Waals surface area contributed by atoms with Crippen molar-refractivity contribution >= 4 is 56.6 Å². The summed E-state index contributed by atoms with van der Waals surface area (Å²) >= 11 is 18.5. The zero-order chi connectivity index (χ0) is 31.0. The predicted molar refractivity (Wildman–Crippen MR) is 171 cm³/mol. The third-order valence-corrected chi connectivity index (χ3v) is 8.75. The SMILES string of the molecule is CS(=O)(=O)N(CC(=O)N(Cc1ccc(Cl)cc1)C(C(=O)NCc1ccc(Cl)cc1Cl)c1ccccc1)Cc1ccccc1. The van der Waals surface area contributed by atoms with E-state index in [-0.39, 0.29) is 19.6 Å². The van der Waals surface area contributed by atoms with Gasteiger partial charge in [-0.25, -0.2) is 8.42 Å². The van der Waals surface area contributed by atoms with Crippen LogP contribution in [-0.2, 0) is 39.2 Å². The molecule has 0 aliphatic rings. The summed E-state index contributed by atoms with van der Waals surface area (Å²) in [6.45, 7) is -0.364. The van der Waals surface area contributed by atoms with Gasteiger partial charge < -0.3 is 10.2 Å². The molecule has 0 spiro atoms. The lowest BCUT2D eigenvalue weighted by atomic mass is 10.0. The Kier molecular flexibility index (Phi) is 11.2. The molecule has 224 valence electrons. The largest absolute Gasteiger partial charge is 0.350 e. The summed E-state index contributed by atoms with van der Waals surface area (Å²) in [5, 5.41) is 4.27. The predicted octanol–water partition coefficient (Wildman–Crippen LogP) is 6.49. The normalized spacial score (nSPS) is 12.1. The van der Waals surface area contributed by atoms with Crippen LogP contribution >= 0.6 is 34.8 Å². The maximum Gasteiger partial charge on any atom is 0.247 e. The number of hydrogen-bond donors (Lipinski definition) is 1. The number of carbonyl (C=O) groups is 2. The average Bonchev–Trinajstić information content (AvgIpc) is 2.97. The fourth-order valence-electron chi connectivity index (χ4n) is 4.48. The van der Waals surface area contributed by atoms with Crippen LogP contribution in [0, 0.1) is 0 Å². The number of rotatable bonds is 12. The molecule has 0 aliphatic carbocycles. The molecule has 0 radical (unpaired) electrons. The van der Waals surface area contributed by atoms with Gasteiger partial charge in [-0.3, -0.25) is 9.59 Å². The molecule has 4 aromatic rings. The standard InChI is InChI=1S/C32H30Cl3N3O4S/c1-43(41,42)37(20-23-8-4-2-5-9-23)22-30(39)38(21-24-12-15-27(33)16-13-24)31(25-10-6-3-7-11-25)32(40)36-19-26-14-17-28(34)18-29(26)35/h2-18,31H,19-22H2,1H3,(H,36,40). The molecular formula is C32H30Cl3N3O4S. The first-order chi connectivity index (χ1) is 20.5. The molecule has 0 heterocycles. The smallest absolute Gasteiger partial charge is 0.247 e. The minimum atomic E-state index is -3.79. The highest BCUT2D eigenvalue weighted by Gasteiger charge is 2.33. The van der Waals surface area contributed by atoms with Gasteiger partial charge in [-0.05, 0) is 46.5 Å². The third kappa shape index (κ3) is 9.29. The van der Waals surface area contributed by atoms with Crippen molar-refractivity contribution in [1.82, 2.24) is 14.5 Å². The number of halogens is 3. The van der Waals surface area contributed by atoms with Gasteiger partial charge in [-0.2, -0.15) is 4.31 Å². The average molecular weight is 659 g/mol. The van der Waals surface area contributed by atoms with E-state index in [1.807, 2.05) is 12.1 Å². The second kappa shape index (κ2) is 14.9. The van der Waals surface area contributed by atoms with Crippen molar-refractivity contribution in [2.24, 2.45) is 0 Å². The second-order valence-electron chi connectivity index (χ2n) is 9.93. The van der Waals surface area contributed by atoms with Crippen LogP contribution in [0.4, 0.5) is 0 Å². The highest BCUT2D eigenvalue weighted by Crippen LogP contribution is 2.26. The van der Waals surface area contributed by atoms with Gasteiger partial charge in [-0.15, -0.1) is 0 Å². The Hall–Kier alpha value is -3.40. The van der Waals surface area contributed by atoms with Crippen molar-refractivity contribution in [3.63, 3.8) is 0 Å². The van der Waals surface area contributed by atoms with E-state index in [2.05, 4.69) is 5.32 Å². The quantitative estimate of drug-likeness (QED) is 0.189. The molecule has 11 heteroatoms. The van der Waals surface area contributed by atoms with E-state index in [9.17, 15) is 18.0 Å². The van der Waals surface area contributed by atoms with Crippen LogP contribution in [0.25, 0.3) is 0 Å². The van der Waals surface area contributed by atoms with E-state index >= 15 is 0 Å². The molecule has 1 N–H and O–H groups in total. The number of carbonyl (C=O) groups excluding carboxylic acids is 2. The van der Waals surface area contributed by atoms with Gasteiger partial charge >= 0.3 is 0 Å². The van der Waals surface area contributed by atoms with Crippen LogP contribution in [0.1, 0.15) is 28.3 Å². The summed E-state index contributed by atoms with van der Waals surface area (Å²) < 4.78 is 26.7. The van der Waals surface area contributed by atoms with E-state index in [4.69, 9.17) is 34.8 Å². The summed E-state index contributed by atoms with van der Waals surface area (Å²) in [5.41, 5.74) is 2.63. The summed E-state index contributed by atoms with van der Waals surface area (Å²) in [6.07, 6.45) is 1.06. The van der Waals surface area contributed by atoms with Crippen molar-refractivity contribution in [3.8, 4) is 0 Å². The van der Waals surface area contributed by atoms with Crippen molar-refractivity contribution in [2.75, 3.05) is 12.8 Å². The lowest BCUT2D eigenvalue weighted by molar-refractivity contribution is -0.141. The number of benzene rings is 4. The molecule has 0 aromatic heterocycles. The molecular weight excluding hydrogens is 629 g/mol. The molecule has 0 saturated heterocycles. The third-order valence-electron chi connectivity index (χ3n) is 6.71. The Balaban J connectivity index is 1.70. The molecule has 4 rings (SSSR count). The van der Waals surface area contributed by atoms with Crippen molar-refractivity contribution in [3.05, 3.63) is 140 Å². The lowest BCUT2D eigenvalue weighted by Crippen LogP contribution is -2.47. The molecule has 43 heavy (non-hydrogen) atoms. The molecule has 1 atom stereocenters. The minimum absolute atomic E-state index is 0.00252. The first kappa shape index (κ1) is 32.5. The van der Waals surface area contributed by atoms with E-state index < -0.39 is 34.4 Å². The summed E-state index contributed by atoms with van der Waals surface area (Å²) in [6, 6.07) is 28.6. The van der Waals surface area contributed by atoms with Gasteiger partial charge in [0.2, 0.25) is 21.8 Å². The van der Waals surface area contributed by atoms with Gasteiger partial charge in [0.15, 0.2) is 0 Å². The maximum atomic E-state index is 14.1. The summed E-state index contributed by atoms with van der Waals surface area (Å²) in [4.78, 5) is 29.4. The van der Waals surface area contributed by atoms with Crippen molar-refractivity contribution in [2.45, 2.75) is 25.7 Å². The number of hydrogen-bond acceptors (Lipinski definition) is 4. The number of amides is 2. The molecule has 0 saturated carbocycles. The molecule has 2 amide bonds. The van der Waals surface area contributed by atoms with Crippen LogP contribution < -0.4 is 5.32 Å². The fraction of sp³-hybridized carbons (Fsp3) is 0.188. The van der Waals surface area contributed by atoms with Crippen LogP contribution in [0.3, 0.4) is 0 Å². The van der Waals surface area contributed by atoms with Crippen LogP contribution in [-0.4, -0.2) is 42.2 Å². The van der Waals surface area contributed by atoms with Gasteiger partial charge in [0.1, 0.15) is 6.04 Å². The van der Waals surface area contributed by atoms with Crippen molar-refractivity contribution < 1.29 is 18.0 Å². The number of nitrogens with one attached hydrogen (secondary N) is 1. The topological polar surface area (TPSA) is 86.8 Å². The van der Waals surface area contributed by atoms with E-state index in [1.54, 1.807) is 91.0 Å². The molecule has 0 aliphatic heterocycles. The highest BCUT2D eigenvalue weighted by molar-refractivity contribution is 7.88. The van der Waals surface area contributed by atoms with E-state index in [0.29, 0.717) is 31.8 Å². The Morgan fingerprint density at radius 1 is 0.767 bits per heavy atom. The van der Waals surface area contributed by atoms with Gasteiger partial charge in [0, 0.05) is 34.7 Å². The molecule has 7 nitrogen and oxygen atoms in total. The van der Waals surface area contributed by atoms with Gasteiger partial charge in [-0.1, -0.05) is 114 Å². The van der Waals surface area contributed by atoms with Gasteiger partial charge in [0.05, 0.1) is 12.8 Å². The van der Waals surface area contributed by atoms with E-state index in [0.717, 1.165) is 16.1 Å². The lowest BCUT2D eigenvalue weighted by Gasteiger charge is -2.33. The van der Waals surface area contributed by atoms with Gasteiger partial charge in [0.25, 0.3) is 0 Å². The Morgan fingerprint density at radius 2 is 1.35 bits per heavy atom.